The van der Waals surface area contributed by atoms with Crippen molar-refractivity contribution in [3.05, 3.63) is 48.2 Å². The summed E-state index contributed by atoms with van der Waals surface area (Å²) in [5.74, 6) is -0.275. The lowest BCUT2D eigenvalue weighted by atomic mass is 10.2. The van der Waals surface area contributed by atoms with E-state index in [1.54, 1.807) is 25.4 Å². The molecule has 0 aliphatic rings. The number of pyridine rings is 2. The van der Waals surface area contributed by atoms with Crippen LogP contribution in [0.15, 0.2) is 36.7 Å². The fraction of sp³-hybridized carbons (Fsp3) is 0.0909. The van der Waals surface area contributed by atoms with Crippen molar-refractivity contribution in [3.8, 4) is 11.3 Å². The monoisotopic (exact) mass is 188 g/mol. The summed E-state index contributed by atoms with van der Waals surface area (Å²) >= 11 is 0. The lowest BCUT2D eigenvalue weighted by molar-refractivity contribution is 0.610. The zero-order valence-corrected chi connectivity index (χ0v) is 7.74. The molecule has 0 unspecified atom stereocenters. The van der Waals surface area contributed by atoms with Crippen molar-refractivity contribution in [1.29, 1.82) is 0 Å². The molecule has 0 bridgehead atoms. The van der Waals surface area contributed by atoms with Crippen LogP contribution in [0.3, 0.4) is 0 Å². The third-order valence-electron chi connectivity index (χ3n) is 2.00. The average molecular weight is 188 g/mol. The molecule has 0 saturated heterocycles. The molecule has 2 heterocycles. The second kappa shape index (κ2) is 3.54. The van der Waals surface area contributed by atoms with Crippen LogP contribution in [0.4, 0.5) is 4.39 Å². The second-order valence-electron chi connectivity index (χ2n) is 3.00. The van der Waals surface area contributed by atoms with Crippen LogP contribution in [0.1, 0.15) is 5.69 Å². The number of nitrogens with zero attached hydrogens (tertiary/aromatic N) is 2. The number of aromatic nitrogens is 2. The number of aryl methyl sites for hydroxylation is 1. The Balaban J connectivity index is 2.48. The molecule has 0 aromatic carbocycles. The van der Waals surface area contributed by atoms with Crippen molar-refractivity contribution < 1.29 is 4.39 Å². The molecule has 0 aliphatic heterocycles. The summed E-state index contributed by atoms with van der Waals surface area (Å²) in [5, 5.41) is 0. The molecule has 2 nitrogen and oxygen atoms in total. The summed E-state index contributed by atoms with van der Waals surface area (Å²) in [5.41, 5.74) is 2.13. The molecular weight excluding hydrogens is 179 g/mol. The van der Waals surface area contributed by atoms with Crippen LogP contribution < -0.4 is 0 Å². The molecule has 0 fully saturated rings. The van der Waals surface area contributed by atoms with E-state index in [1.165, 1.54) is 6.07 Å². The molecule has 14 heavy (non-hydrogen) atoms. The highest BCUT2D eigenvalue weighted by Gasteiger charge is 2.02. The van der Waals surface area contributed by atoms with Crippen molar-refractivity contribution in [1.82, 2.24) is 9.97 Å². The van der Waals surface area contributed by atoms with E-state index in [4.69, 9.17) is 0 Å². The predicted molar refractivity (Wildman–Crippen MR) is 52.2 cm³/mol. The molecule has 2 aromatic rings. The first-order chi connectivity index (χ1) is 6.77. The number of halogens is 1. The van der Waals surface area contributed by atoms with Crippen molar-refractivity contribution >= 4 is 0 Å². The van der Waals surface area contributed by atoms with Gasteiger partial charge in [0.1, 0.15) is 5.82 Å². The van der Waals surface area contributed by atoms with Gasteiger partial charge < -0.3 is 0 Å². The van der Waals surface area contributed by atoms with Gasteiger partial charge in [0.2, 0.25) is 0 Å². The van der Waals surface area contributed by atoms with E-state index in [9.17, 15) is 4.39 Å². The maximum absolute atomic E-state index is 12.9. The first kappa shape index (κ1) is 8.81. The molecule has 2 rings (SSSR count). The lowest BCUT2D eigenvalue weighted by Gasteiger charge is -2.01. The highest BCUT2D eigenvalue weighted by Crippen LogP contribution is 2.16. The second-order valence-corrected chi connectivity index (χ2v) is 3.00. The third kappa shape index (κ3) is 1.62. The SMILES string of the molecule is Cc1nc(-c2ccncc2)ccc1F. The molecule has 3 heteroatoms. The zero-order chi connectivity index (χ0) is 9.97. The van der Waals surface area contributed by atoms with Gasteiger partial charge in [0.15, 0.2) is 0 Å². The average Bonchev–Trinajstić information content (AvgIpc) is 2.23. The summed E-state index contributed by atoms with van der Waals surface area (Å²) < 4.78 is 12.9. The van der Waals surface area contributed by atoms with Gasteiger partial charge >= 0.3 is 0 Å². The number of rotatable bonds is 1. The van der Waals surface area contributed by atoms with Crippen LogP contribution in [0.2, 0.25) is 0 Å². The molecule has 0 aliphatic carbocycles. The van der Waals surface area contributed by atoms with E-state index < -0.39 is 0 Å². The first-order valence-electron chi connectivity index (χ1n) is 4.31. The van der Waals surface area contributed by atoms with Gasteiger partial charge in [-0.1, -0.05) is 0 Å². The highest BCUT2D eigenvalue weighted by molar-refractivity contribution is 5.58. The molecule has 70 valence electrons. The Morgan fingerprint density at radius 3 is 2.43 bits per heavy atom. The molecule has 0 atom stereocenters. The van der Waals surface area contributed by atoms with Crippen LogP contribution in [0, 0.1) is 12.7 Å². The Hall–Kier alpha value is -1.77. The summed E-state index contributed by atoms with van der Waals surface area (Å²) in [4.78, 5) is 8.05. The van der Waals surface area contributed by atoms with Gasteiger partial charge in [0, 0.05) is 18.0 Å². The molecule has 0 amide bonds. The summed E-state index contributed by atoms with van der Waals surface area (Å²) in [6.07, 6.45) is 3.38. The van der Waals surface area contributed by atoms with Gasteiger partial charge in [-0.05, 0) is 31.2 Å². The van der Waals surface area contributed by atoms with E-state index in [2.05, 4.69) is 9.97 Å². The van der Waals surface area contributed by atoms with Gasteiger partial charge in [0.25, 0.3) is 0 Å². The fourth-order valence-corrected chi connectivity index (χ4v) is 1.23. The van der Waals surface area contributed by atoms with Gasteiger partial charge in [-0.3, -0.25) is 9.97 Å². The Kier molecular flexibility index (Phi) is 2.23. The number of hydrogen-bond acceptors (Lipinski definition) is 2. The normalized spacial score (nSPS) is 10.1. The topological polar surface area (TPSA) is 25.8 Å². The molecule has 0 N–H and O–H groups in total. The molecule has 0 spiro atoms. The Bertz CT molecular complexity index is 440. The van der Waals surface area contributed by atoms with Crippen molar-refractivity contribution in [2.75, 3.05) is 0 Å². The molecule has 2 aromatic heterocycles. The van der Waals surface area contributed by atoms with E-state index >= 15 is 0 Å². The minimum atomic E-state index is -0.275. The van der Waals surface area contributed by atoms with Crippen LogP contribution >= 0.6 is 0 Å². The van der Waals surface area contributed by atoms with Crippen molar-refractivity contribution in [2.45, 2.75) is 6.92 Å². The maximum atomic E-state index is 12.9. The van der Waals surface area contributed by atoms with Crippen LogP contribution in [0.25, 0.3) is 11.3 Å². The van der Waals surface area contributed by atoms with Crippen LogP contribution in [0.5, 0.6) is 0 Å². The minimum Gasteiger partial charge on any atom is -0.265 e. The standard InChI is InChI=1S/C11H9FN2/c1-8-10(12)2-3-11(14-8)9-4-6-13-7-5-9/h2-7H,1H3. The largest absolute Gasteiger partial charge is 0.265 e. The third-order valence-corrected chi connectivity index (χ3v) is 2.00. The Labute approximate surface area is 81.5 Å². The van der Waals surface area contributed by atoms with E-state index in [1.807, 2.05) is 12.1 Å². The van der Waals surface area contributed by atoms with Gasteiger partial charge in [0.05, 0.1) is 11.4 Å². The van der Waals surface area contributed by atoms with E-state index in [-0.39, 0.29) is 5.82 Å². The van der Waals surface area contributed by atoms with Crippen LogP contribution in [-0.2, 0) is 0 Å². The van der Waals surface area contributed by atoms with E-state index in [0.29, 0.717) is 5.69 Å². The summed E-state index contributed by atoms with van der Waals surface area (Å²) in [7, 11) is 0. The number of hydrogen-bond donors (Lipinski definition) is 0. The predicted octanol–water partition coefficient (Wildman–Crippen LogP) is 2.59. The summed E-state index contributed by atoms with van der Waals surface area (Å²) in [6, 6.07) is 6.79. The fourth-order valence-electron chi connectivity index (χ4n) is 1.23. The molecule has 0 saturated carbocycles. The molecule has 0 radical (unpaired) electrons. The van der Waals surface area contributed by atoms with Crippen molar-refractivity contribution in [2.24, 2.45) is 0 Å². The van der Waals surface area contributed by atoms with E-state index in [0.717, 1.165) is 11.3 Å². The maximum Gasteiger partial charge on any atom is 0.144 e. The Morgan fingerprint density at radius 1 is 1.07 bits per heavy atom. The smallest absolute Gasteiger partial charge is 0.144 e. The minimum absolute atomic E-state index is 0.275. The lowest BCUT2D eigenvalue weighted by Crippen LogP contribution is -1.90. The van der Waals surface area contributed by atoms with Gasteiger partial charge in [-0.25, -0.2) is 4.39 Å². The van der Waals surface area contributed by atoms with Crippen molar-refractivity contribution in [3.63, 3.8) is 0 Å². The van der Waals surface area contributed by atoms with Crippen LogP contribution in [-0.4, -0.2) is 9.97 Å². The molecular formula is C11H9FN2. The van der Waals surface area contributed by atoms with Gasteiger partial charge in [-0.2, -0.15) is 0 Å². The highest BCUT2D eigenvalue weighted by atomic mass is 19.1. The zero-order valence-electron chi connectivity index (χ0n) is 7.74. The van der Waals surface area contributed by atoms with Gasteiger partial charge in [-0.15, -0.1) is 0 Å². The quantitative estimate of drug-likeness (QED) is 0.687. The summed E-state index contributed by atoms with van der Waals surface area (Å²) in [6.45, 7) is 1.65. The first-order valence-corrected chi connectivity index (χ1v) is 4.31. The Morgan fingerprint density at radius 2 is 1.79 bits per heavy atom.